The third-order valence-electron chi connectivity index (χ3n) is 6.92. The van der Waals surface area contributed by atoms with Gasteiger partial charge >= 0.3 is 6.18 Å². The van der Waals surface area contributed by atoms with Gasteiger partial charge in [0.15, 0.2) is 9.84 Å². The van der Waals surface area contributed by atoms with Gasteiger partial charge in [0.25, 0.3) is 11.8 Å². The lowest BCUT2D eigenvalue weighted by molar-refractivity contribution is -0.138. The maximum Gasteiger partial charge on any atom is 0.416 e. The topological polar surface area (TPSA) is 124 Å². The van der Waals surface area contributed by atoms with Gasteiger partial charge in [0, 0.05) is 47.5 Å². The minimum Gasteiger partial charge on any atom is -0.348 e. The first-order valence-corrected chi connectivity index (χ1v) is 15.4. The van der Waals surface area contributed by atoms with Crippen molar-refractivity contribution >= 4 is 44.9 Å². The highest BCUT2D eigenvalue weighted by molar-refractivity contribution is 7.91. The van der Waals surface area contributed by atoms with Crippen LogP contribution in [0, 0.1) is 0 Å². The van der Waals surface area contributed by atoms with Gasteiger partial charge in [0.05, 0.1) is 28.0 Å². The molecule has 0 bridgehead atoms. The molecule has 1 atom stereocenters. The molecular weight excluding hydrogens is 618 g/mol. The van der Waals surface area contributed by atoms with Gasteiger partial charge < -0.3 is 10.6 Å². The van der Waals surface area contributed by atoms with E-state index in [-0.39, 0.29) is 62.4 Å². The number of nitrogens with one attached hydrogen (secondary N) is 3. The summed E-state index contributed by atoms with van der Waals surface area (Å²) in [5.74, 6) is -1.39. The zero-order chi connectivity index (χ0) is 30.7. The molecule has 42 heavy (non-hydrogen) atoms. The van der Waals surface area contributed by atoms with Crippen LogP contribution in [0.2, 0.25) is 10.0 Å². The molecular formula is C27H28Cl2F3N5O4S. The van der Waals surface area contributed by atoms with Crippen molar-refractivity contribution in [3.05, 3.63) is 80.6 Å². The number of hydrogen-bond donors (Lipinski definition) is 3. The summed E-state index contributed by atoms with van der Waals surface area (Å²) in [6.07, 6.45) is -0.675. The highest BCUT2D eigenvalue weighted by Gasteiger charge is 2.36. The van der Waals surface area contributed by atoms with E-state index in [1.165, 1.54) is 37.5 Å². The second kappa shape index (κ2) is 13.0. The Hall–Kier alpha value is -3.13. The molecule has 0 aliphatic carbocycles. The van der Waals surface area contributed by atoms with Crippen LogP contribution in [0.4, 0.5) is 13.2 Å². The molecule has 2 amide bonds. The van der Waals surface area contributed by atoms with E-state index in [0.29, 0.717) is 31.5 Å². The Morgan fingerprint density at radius 1 is 1.14 bits per heavy atom. The van der Waals surface area contributed by atoms with Gasteiger partial charge in [0.2, 0.25) is 0 Å². The highest BCUT2D eigenvalue weighted by Crippen LogP contribution is 2.37. The van der Waals surface area contributed by atoms with Gasteiger partial charge in [0.1, 0.15) is 0 Å². The summed E-state index contributed by atoms with van der Waals surface area (Å²) in [6.45, 7) is 1.84. The van der Waals surface area contributed by atoms with Crippen LogP contribution in [0.15, 0.2) is 47.6 Å². The van der Waals surface area contributed by atoms with Crippen molar-refractivity contribution in [2.75, 3.05) is 18.8 Å². The van der Waals surface area contributed by atoms with Crippen molar-refractivity contribution in [1.29, 1.82) is 0 Å². The van der Waals surface area contributed by atoms with Crippen LogP contribution in [0.1, 0.15) is 57.2 Å². The van der Waals surface area contributed by atoms with Crippen LogP contribution in [-0.2, 0) is 29.1 Å². The largest absolute Gasteiger partial charge is 0.416 e. The lowest BCUT2D eigenvalue weighted by atomic mass is 9.99. The van der Waals surface area contributed by atoms with Gasteiger partial charge in [-0.25, -0.2) is 8.42 Å². The molecule has 4 rings (SSSR count). The SMILES string of the molecule is CCS(=O)(=O)c1ccc(Cl)cc1CNC(=O)c1cc(Cl)c(CN2CCC[C@H](NC(=O)c3cn[nH]c3)C2)c(C(F)(F)F)c1. The molecule has 2 heterocycles. The number of likely N-dealkylation sites (tertiary alicyclic amines) is 1. The number of benzene rings is 2. The first-order valence-electron chi connectivity index (χ1n) is 13.0. The number of aromatic nitrogens is 2. The molecule has 1 aliphatic rings. The molecule has 0 saturated carbocycles. The number of piperidine rings is 1. The van der Waals surface area contributed by atoms with Gasteiger partial charge in [-0.3, -0.25) is 19.6 Å². The monoisotopic (exact) mass is 645 g/mol. The number of carbonyl (C=O) groups excluding carboxylic acids is 2. The molecule has 1 saturated heterocycles. The van der Waals surface area contributed by atoms with Gasteiger partial charge in [-0.2, -0.15) is 18.3 Å². The van der Waals surface area contributed by atoms with Crippen molar-refractivity contribution < 1.29 is 31.2 Å². The van der Waals surface area contributed by atoms with E-state index in [4.69, 9.17) is 23.2 Å². The molecule has 1 fully saturated rings. The first kappa shape index (κ1) is 31.8. The Bertz CT molecular complexity index is 1570. The number of carbonyl (C=O) groups is 2. The summed E-state index contributed by atoms with van der Waals surface area (Å²) in [5, 5.41) is 11.6. The van der Waals surface area contributed by atoms with Crippen LogP contribution in [0.3, 0.4) is 0 Å². The predicted molar refractivity (Wildman–Crippen MR) is 151 cm³/mol. The van der Waals surface area contributed by atoms with Crippen molar-refractivity contribution in [2.24, 2.45) is 0 Å². The first-order chi connectivity index (χ1) is 19.8. The predicted octanol–water partition coefficient (Wildman–Crippen LogP) is 4.85. The summed E-state index contributed by atoms with van der Waals surface area (Å²) >= 11 is 12.4. The Morgan fingerprint density at radius 3 is 2.57 bits per heavy atom. The average molecular weight is 647 g/mol. The number of H-pyrrole nitrogens is 1. The van der Waals surface area contributed by atoms with Gasteiger partial charge in [-0.05, 0) is 60.8 Å². The molecule has 0 spiro atoms. The van der Waals surface area contributed by atoms with E-state index >= 15 is 0 Å². The lowest BCUT2D eigenvalue weighted by Gasteiger charge is -2.34. The fourth-order valence-electron chi connectivity index (χ4n) is 4.79. The third-order valence-corrected chi connectivity index (χ3v) is 9.32. The van der Waals surface area contributed by atoms with Crippen LogP contribution in [-0.4, -0.2) is 60.2 Å². The highest BCUT2D eigenvalue weighted by atomic mass is 35.5. The molecule has 2 aromatic carbocycles. The Labute approximate surface area is 250 Å². The average Bonchev–Trinajstić information content (AvgIpc) is 3.47. The molecule has 1 aromatic heterocycles. The maximum atomic E-state index is 14.2. The van der Waals surface area contributed by atoms with Crippen LogP contribution in [0.5, 0.6) is 0 Å². The molecule has 9 nitrogen and oxygen atoms in total. The number of alkyl halides is 3. The van der Waals surface area contributed by atoms with E-state index < -0.39 is 27.5 Å². The van der Waals surface area contributed by atoms with E-state index in [2.05, 4.69) is 20.8 Å². The number of halogens is 5. The van der Waals surface area contributed by atoms with E-state index in [9.17, 15) is 31.2 Å². The molecule has 3 aromatic rings. The summed E-state index contributed by atoms with van der Waals surface area (Å²) in [5.41, 5.74) is -1.02. The number of rotatable bonds is 9. The quantitative estimate of drug-likeness (QED) is 0.306. The van der Waals surface area contributed by atoms with Crippen LogP contribution < -0.4 is 10.6 Å². The van der Waals surface area contributed by atoms with Gasteiger partial charge in [-0.1, -0.05) is 30.1 Å². The van der Waals surface area contributed by atoms with Crippen molar-refractivity contribution in [3.63, 3.8) is 0 Å². The number of hydrogen-bond acceptors (Lipinski definition) is 6. The van der Waals surface area contributed by atoms with E-state index in [1.54, 1.807) is 4.90 Å². The molecule has 3 N–H and O–H groups in total. The number of sulfone groups is 1. The molecule has 0 unspecified atom stereocenters. The second-order valence-corrected chi connectivity index (χ2v) is 12.9. The van der Waals surface area contributed by atoms with E-state index in [1.807, 2.05) is 0 Å². The molecule has 0 radical (unpaired) electrons. The zero-order valence-electron chi connectivity index (χ0n) is 22.4. The minimum atomic E-state index is -4.81. The Kier molecular flexibility index (Phi) is 9.86. The number of amides is 2. The smallest absolute Gasteiger partial charge is 0.348 e. The molecule has 1 aliphatic heterocycles. The Balaban J connectivity index is 1.51. The zero-order valence-corrected chi connectivity index (χ0v) is 24.7. The Morgan fingerprint density at radius 2 is 1.90 bits per heavy atom. The summed E-state index contributed by atoms with van der Waals surface area (Å²) in [7, 11) is -3.64. The minimum absolute atomic E-state index is 0.0279. The summed E-state index contributed by atoms with van der Waals surface area (Å²) < 4.78 is 67.5. The molecule has 15 heteroatoms. The summed E-state index contributed by atoms with van der Waals surface area (Å²) in [6, 6.07) is 5.72. The number of aromatic amines is 1. The molecule has 226 valence electrons. The van der Waals surface area contributed by atoms with Crippen molar-refractivity contribution in [1.82, 2.24) is 25.7 Å². The van der Waals surface area contributed by atoms with Crippen molar-refractivity contribution in [2.45, 2.75) is 50.0 Å². The summed E-state index contributed by atoms with van der Waals surface area (Å²) in [4.78, 5) is 27.1. The fourth-order valence-corrected chi connectivity index (χ4v) is 6.38. The second-order valence-electron chi connectivity index (χ2n) is 9.85. The van der Waals surface area contributed by atoms with Crippen LogP contribution in [0.25, 0.3) is 0 Å². The number of nitrogens with zero attached hydrogens (tertiary/aromatic N) is 2. The van der Waals surface area contributed by atoms with E-state index in [0.717, 1.165) is 12.1 Å². The fraction of sp³-hybridized carbons (Fsp3) is 0.370. The van der Waals surface area contributed by atoms with Gasteiger partial charge in [-0.15, -0.1) is 0 Å². The lowest BCUT2D eigenvalue weighted by Crippen LogP contribution is -2.47. The standard InChI is InChI=1S/C27H28Cl2F3N5O4S/c1-2-42(40,41)24-6-5-19(28)8-17(24)11-33-25(38)16-9-22(27(30,31)32)21(23(29)10-16)15-37-7-3-4-20(14-37)36-26(39)18-12-34-35-13-18/h5-6,8-10,12-13,20H,2-4,7,11,14-15H2,1H3,(H,33,38)(H,34,35)(H,36,39)/t20-/m0/s1. The van der Waals surface area contributed by atoms with Crippen molar-refractivity contribution in [3.8, 4) is 0 Å². The van der Waals surface area contributed by atoms with Crippen LogP contribution >= 0.6 is 23.2 Å². The third kappa shape index (κ3) is 7.63. The maximum absolute atomic E-state index is 14.2. The normalized spacial score (nSPS) is 16.3.